The summed E-state index contributed by atoms with van der Waals surface area (Å²) in [7, 11) is 0. The van der Waals surface area contributed by atoms with Crippen molar-refractivity contribution in [2.24, 2.45) is 5.73 Å². The summed E-state index contributed by atoms with van der Waals surface area (Å²) < 4.78 is 0. The van der Waals surface area contributed by atoms with Gasteiger partial charge in [0.05, 0.1) is 0 Å². The monoisotopic (exact) mass is 272 g/mol. The van der Waals surface area contributed by atoms with Crippen LogP contribution in [-0.2, 0) is 6.42 Å². The van der Waals surface area contributed by atoms with Crippen LogP contribution in [0.2, 0.25) is 0 Å². The molecule has 3 rings (SSSR count). The van der Waals surface area contributed by atoms with Gasteiger partial charge in [0.25, 0.3) is 0 Å². The van der Waals surface area contributed by atoms with E-state index in [9.17, 15) is 0 Å². The van der Waals surface area contributed by atoms with E-state index in [0.29, 0.717) is 12.1 Å². The number of nitrogens with two attached hydrogens (primary N) is 1. The number of fused-ring (bicyclic) bond motifs is 2. The highest BCUT2D eigenvalue weighted by atomic mass is 15.2. The summed E-state index contributed by atoms with van der Waals surface area (Å²) in [5, 5.41) is 0. The lowest BCUT2D eigenvalue weighted by atomic mass is 9.80. The third kappa shape index (κ3) is 3.07. The van der Waals surface area contributed by atoms with Crippen molar-refractivity contribution >= 4 is 0 Å². The number of aryl methyl sites for hydroxylation is 1. The molecule has 0 aromatic heterocycles. The van der Waals surface area contributed by atoms with Crippen molar-refractivity contribution in [2.75, 3.05) is 0 Å². The molecule has 2 fully saturated rings. The Balaban J connectivity index is 1.60. The van der Waals surface area contributed by atoms with Crippen LogP contribution in [0.15, 0.2) is 30.3 Å². The molecule has 1 aromatic carbocycles. The Hall–Kier alpha value is -0.860. The molecule has 0 aliphatic carbocycles. The molecule has 2 aliphatic heterocycles. The van der Waals surface area contributed by atoms with Gasteiger partial charge in [0.1, 0.15) is 0 Å². The summed E-state index contributed by atoms with van der Waals surface area (Å²) in [6.07, 6.45) is 9.03. The molecule has 20 heavy (non-hydrogen) atoms. The molecule has 1 aromatic rings. The summed E-state index contributed by atoms with van der Waals surface area (Å²) in [5.41, 5.74) is 7.70. The summed E-state index contributed by atoms with van der Waals surface area (Å²) in [4.78, 5) is 2.82. The molecule has 3 atom stereocenters. The van der Waals surface area contributed by atoms with Crippen molar-refractivity contribution < 1.29 is 0 Å². The Kier molecular flexibility index (Phi) is 4.42. The van der Waals surface area contributed by atoms with E-state index >= 15 is 0 Å². The van der Waals surface area contributed by atoms with Gasteiger partial charge in [-0.15, -0.1) is 0 Å². The zero-order valence-electron chi connectivity index (χ0n) is 12.7. The molecule has 2 bridgehead atoms. The second kappa shape index (κ2) is 6.28. The Morgan fingerprint density at radius 1 is 1.15 bits per heavy atom. The maximum atomic E-state index is 6.23. The van der Waals surface area contributed by atoms with E-state index in [2.05, 4.69) is 42.2 Å². The van der Waals surface area contributed by atoms with E-state index in [1.807, 2.05) is 0 Å². The van der Waals surface area contributed by atoms with Crippen LogP contribution >= 0.6 is 0 Å². The number of hydrogen-bond donors (Lipinski definition) is 1. The van der Waals surface area contributed by atoms with Gasteiger partial charge in [0, 0.05) is 24.2 Å². The van der Waals surface area contributed by atoms with Crippen LogP contribution in [0.5, 0.6) is 0 Å². The molecule has 2 heteroatoms. The number of rotatable bonds is 4. The van der Waals surface area contributed by atoms with E-state index in [1.165, 1.54) is 50.5 Å². The maximum absolute atomic E-state index is 6.23. The normalized spacial score (nSPS) is 32.0. The van der Waals surface area contributed by atoms with E-state index in [0.717, 1.165) is 12.1 Å². The minimum Gasteiger partial charge on any atom is -0.328 e. The fourth-order valence-corrected chi connectivity index (χ4v) is 4.35. The standard InChI is InChI=1S/C18H28N2/c1-14(10-11-15-6-3-2-4-7-15)20-17-8-5-9-18(20)13-16(19)12-17/h2-4,6-7,14,16-18H,5,8-13,19H2,1H3. The topological polar surface area (TPSA) is 29.3 Å². The third-order valence-electron chi connectivity index (χ3n) is 5.27. The molecule has 110 valence electrons. The Bertz CT molecular complexity index is 403. The minimum atomic E-state index is 0.447. The van der Waals surface area contributed by atoms with Crippen LogP contribution in [0.1, 0.15) is 51.0 Å². The molecule has 2 saturated heterocycles. The van der Waals surface area contributed by atoms with Gasteiger partial charge in [-0.2, -0.15) is 0 Å². The van der Waals surface area contributed by atoms with E-state index < -0.39 is 0 Å². The zero-order valence-corrected chi connectivity index (χ0v) is 12.7. The van der Waals surface area contributed by atoms with Crippen molar-refractivity contribution in [1.82, 2.24) is 4.90 Å². The second-order valence-electron chi connectivity index (χ2n) is 6.79. The number of benzene rings is 1. The van der Waals surface area contributed by atoms with Gasteiger partial charge in [-0.25, -0.2) is 0 Å². The lowest BCUT2D eigenvalue weighted by molar-refractivity contribution is -0.00200. The molecule has 2 aliphatic rings. The summed E-state index contributed by atoms with van der Waals surface area (Å²) in [5.74, 6) is 0. The van der Waals surface area contributed by atoms with Crippen molar-refractivity contribution in [3.8, 4) is 0 Å². The number of nitrogens with zero attached hydrogens (tertiary/aromatic N) is 1. The molecule has 2 N–H and O–H groups in total. The van der Waals surface area contributed by atoms with Crippen LogP contribution < -0.4 is 5.73 Å². The molecule has 0 amide bonds. The van der Waals surface area contributed by atoms with Crippen molar-refractivity contribution in [1.29, 1.82) is 0 Å². The quantitative estimate of drug-likeness (QED) is 0.910. The minimum absolute atomic E-state index is 0.447. The summed E-state index contributed by atoms with van der Waals surface area (Å²) >= 11 is 0. The van der Waals surface area contributed by atoms with Crippen molar-refractivity contribution in [3.05, 3.63) is 35.9 Å². The maximum Gasteiger partial charge on any atom is 0.0116 e. The molecular weight excluding hydrogens is 244 g/mol. The highest BCUT2D eigenvalue weighted by molar-refractivity contribution is 5.14. The lowest BCUT2D eigenvalue weighted by Gasteiger charge is -2.51. The van der Waals surface area contributed by atoms with Gasteiger partial charge < -0.3 is 5.73 Å². The fraction of sp³-hybridized carbons (Fsp3) is 0.667. The van der Waals surface area contributed by atoms with Crippen molar-refractivity contribution in [2.45, 2.75) is 76.0 Å². The average Bonchev–Trinajstić information content (AvgIpc) is 2.45. The predicted molar refractivity (Wildman–Crippen MR) is 84.7 cm³/mol. The van der Waals surface area contributed by atoms with Crippen LogP contribution in [0, 0.1) is 0 Å². The first-order valence-corrected chi connectivity index (χ1v) is 8.31. The van der Waals surface area contributed by atoms with Gasteiger partial charge in [-0.1, -0.05) is 36.8 Å². The molecule has 0 radical (unpaired) electrons. The van der Waals surface area contributed by atoms with Gasteiger partial charge in [0.2, 0.25) is 0 Å². The number of hydrogen-bond acceptors (Lipinski definition) is 2. The van der Waals surface area contributed by atoms with E-state index in [-0.39, 0.29) is 0 Å². The SMILES string of the molecule is CC(CCc1ccccc1)N1C2CCCC1CC(N)C2. The smallest absolute Gasteiger partial charge is 0.0116 e. The Morgan fingerprint density at radius 2 is 1.80 bits per heavy atom. The van der Waals surface area contributed by atoms with Gasteiger partial charge in [-0.05, 0) is 51.0 Å². The molecule has 2 heterocycles. The first-order valence-electron chi connectivity index (χ1n) is 8.31. The molecular formula is C18H28N2. The average molecular weight is 272 g/mol. The molecule has 0 saturated carbocycles. The largest absolute Gasteiger partial charge is 0.328 e. The number of piperidine rings is 2. The Morgan fingerprint density at radius 3 is 2.45 bits per heavy atom. The van der Waals surface area contributed by atoms with Crippen LogP contribution in [0.3, 0.4) is 0 Å². The zero-order chi connectivity index (χ0) is 13.9. The first kappa shape index (κ1) is 14.1. The van der Waals surface area contributed by atoms with Gasteiger partial charge in [0.15, 0.2) is 0 Å². The van der Waals surface area contributed by atoms with Crippen LogP contribution in [0.4, 0.5) is 0 Å². The summed E-state index contributed by atoms with van der Waals surface area (Å²) in [6.45, 7) is 2.42. The highest BCUT2D eigenvalue weighted by Crippen LogP contribution is 2.35. The fourth-order valence-electron chi connectivity index (χ4n) is 4.35. The molecule has 2 nitrogen and oxygen atoms in total. The molecule has 0 spiro atoms. The third-order valence-corrected chi connectivity index (χ3v) is 5.27. The van der Waals surface area contributed by atoms with Crippen molar-refractivity contribution in [3.63, 3.8) is 0 Å². The van der Waals surface area contributed by atoms with Gasteiger partial charge >= 0.3 is 0 Å². The van der Waals surface area contributed by atoms with E-state index in [1.54, 1.807) is 0 Å². The predicted octanol–water partition coefficient (Wildman–Crippen LogP) is 3.35. The first-order chi connectivity index (χ1) is 9.74. The lowest BCUT2D eigenvalue weighted by Crippen LogP contribution is -2.58. The second-order valence-corrected chi connectivity index (χ2v) is 6.79. The Labute approximate surface area is 123 Å². The van der Waals surface area contributed by atoms with Crippen LogP contribution in [-0.4, -0.2) is 29.1 Å². The summed E-state index contributed by atoms with van der Waals surface area (Å²) in [6, 6.07) is 13.5. The van der Waals surface area contributed by atoms with E-state index in [4.69, 9.17) is 5.73 Å². The molecule has 3 unspecified atom stereocenters. The van der Waals surface area contributed by atoms with Gasteiger partial charge in [-0.3, -0.25) is 4.90 Å². The highest BCUT2D eigenvalue weighted by Gasteiger charge is 2.38. The van der Waals surface area contributed by atoms with Crippen LogP contribution in [0.25, 0.3) is 0 Å².